The highest BCUT2D eigenvalue weighted by atomic mass is 16.6. The zero-order valence-corrected chi connectivity index (χ0v) is 12.0. The van der Waals surface area contributed by atoms with E-state index in [0.717, 1.165) is 19.3 Å². The molecule has 1 aromatic rings. The third-order valence-electron chi connectivity index (χ3n) is 4.26. The van der Waals surface area contributed by atoms with Gasteiger partial charge < -0.3 is 10.4 Å². The molecular formula is C15H20N2O4. The Morgan fingerprint density at radius 1 is 1.57 bits per heavy atom. The van der Waals surface area contributed by atoms with Gasteiger partial charge in [-0.3, -0.25) is 14.9 Å². The van der Waals surface area contributed by atoms with Crippen LogP contribution in [0.15, 0.2) is 24.3 Å². The summed E-state index contributed by atoms with van der Waals surface area (Å²) < 4.78 is 0. The number of carbonyl (C=O) groups is 1. The first-order valence-corrected chi connectivity index (χ1v) is 7.08. The van der Waals surface area contributed by atoms with Crippen LogP contribution in [-0.2, 0) is 11.2 Å². The summed E-state index contributed by atoms with van der Waals surface area (Å²) in [7, 11) is 0. The zero-order chi connectivity index (χ0) is 15.5. The van der Waals surface area contributed by atoms with Crippen molar-refractivity contribution in [1.29, 1.82) is 0 Å². The van der Waals surface area contributed by atoms with E-state index in [1.807, 2.05) is 6.92 Å². The van der Waals surface area contributed by atoms with Crippen LogP contribution in [0.3, 0.4) is 0 Å². The van der Waals surface area contributed by atoms with Crippen LogP contribution in [0.25, 0.3) is 0 Å². The smallest absolute Gasteiger partial charge is 0.269 e. The van der Waals surface area contributed by atoms with Gasteiger partial charge in [0.1, 0.15) is 0 Å². The average molecular weight is 292 g/mol. The number of non-ortho nitro benzene ring substituents is 1. The summed E-state index contributed by atoms with van der Waals surface area (Å²) in [5.41, 5.74) is 0.338. The van der Waals surface area contributed by atoms with Crippen molar-refractivity contribution in [1.82, 2.24) is 5.32 Å². The van der Waals surface area contributed by atoms with Crippen molar-refractivity contribution in [3.8, 4) is 0 Å². The number of nitro benzene ring substituents is 1. The first-order chi connectivity index (χ1) is 9.94. The molecule has 0 aliphatic heterocycles. The Hall–Kier alpha value is -1.95. The molecule has 21 heavy (non-hydrogen) atoms. The van der Waals surface area contributed by atoms with E-state index in [-0.39, 0.29) is 36.1 Å². The molecular weight excluding hydrogens is 272 g/mol. The molecule has 1 aliphatic carbocycles. The van der Waals surface area contributed by atoms with E-state index in [9.17, 15) is 20.0 Å². The second-order valence-electron chi connectivity index (χ2n) is 5.93. The molecule has 0 spiro atoms. The Labute approximate surface area is 123 Å². The summed E-state index contributed by atoms with van der Waals surface area (Å²) in [6.07, 6.45) is 2.85. The van der Waals surface area contributed by atoms with E-state index in [1.165, 1.54) is 12.1 Å². The lowest BCUT2D eigenvalue weighted by atomic mass is 9.85. The van der Waals surface area contributed by atoms with E-state index in [0.29, 0.717) is 5.56 Å². The van der Waals surface area contributed by atoms with Gasteiger partial charge in [-0.05, 0) is 18.4 Å². The highest BCUT2D eigenvalue weighted by Crippen LogP contribution is 2.37. The zero-order valence-electron chi connectivity index (χ0n) is 12.0. The van der Waals surface area contributed by atoms with Gasteiger partial charge >= 0.3 is 0 Å². The van der Waals surface area contributed by atoms with Crippen LogP contribution >= 0.6 is 0 Å². The van der Waals surface area contributed by atoms with E-state index in [1.54, 1.807) is 12.1 Å². The van der Waals surface area contributed by atoms with Gasteiger partial charge in [-0.25, -0.2) is 0 Å². The Balaban J connectivity index is 1.99. The number of aliphatic hydroxyl groups excluding tert-OH is 1. The van der Waals surface area contributed by atoms with Gasteiger partial charge in [0.15, 0.2) is 0 Å². The third-order valence-corrected chi connectivity index (χ3v) is 4.26. The number of rotatable bonds is 5. The number of amides is 1. The number of nitrogens with one attached hydrogen (secondary N) is 1. The van der Waals surface area contributed by atoms with Crippen molar-refractivity contribution in [2.45, 2.75) is 38.6 Å². The van der Waals surface area contributed by atoms with Crippen molar-refractivity contribution < 1.29 is 14.8 Å². The number of hydrogen-bond donors (Lipinski definition) is 2. The number of carbonyl (C=O) groups excluding carboxylic acids is 1. The molecule has 0 saturated heterocycles. The van der Waals surface area contributed by atoms with Crippen molar-refractivity contribution in [2.24, 2.45) is 5.41 Å². The van der Waals surface area contributed by atoms with E-state index < -0.39 is 4.92 Å². The maximum Gasteiger partial charge on any atom is 0.269 e. The minimum Gasteiger partial charge on any atom is -0.396 e. The van der Waals surface area contributed by atoms with Crippen LogP contribution in [0, 0.1) is 15.5 Å². The molecule has 1 fully saturated rings. The Morgan fingerprint density at radius 3 is 3.00 bits per heavy atom. The Morgan fingerprint density at radius 2 is 2.33 bits per heavy atom. The lowest BCUT2D eigenvalue weighted by Crippen LogP contribution is -2.45. The van der Waals surface area contributed by atoms with Crippen LogP contribution < -0.4 is 5.32 Å². The second-order valence-corrected chi connectivity index (χ2v) is 5.93. The molecule has 1 amide bonds. The number of nitro groups is 1. The van der Waals surface area contributed by atoms with E-state index in [4.69, 9.17) is 0 Å². The van der Waals surface area contributed by atoms with Crippen LogP contribution in [-0.4, -0.2) is 28.6 Å². The highest BCUT2D eigenvalue weighted by molar-refractivity contribution is 5.79. The second kappa shape index (κ2) is 6.22. The Bertz CT molecular complexity index is 546. The lowest BCUT2D eigenvalue weighted by molar-refractivity contribution is -0.384. The molecule has 0 heterocycles. The van der Waals surface area contributed by atoms with Gasteiger partial charge in [-0.2, -0.15) is 0 Å². The standard InChI is InChI=1S/C15H20N2O4/c1-15(10-18)7-3-6-13(15)16-14(19)9-11-4-2-5-12(8-11)17(20)21/h2,4-5,8,13,18H,3,6-7,9-10H2,1H3,(H,16,19). The number of hydrogen-bond acceptors (Lipinski definition) is 4. The van der Waals surface area contributed by atoms with Gasteiger partial charge in [0, 0.05) is 23.6 Å². The summed E-state index contributed by atoms with van der Waals surface area (Å²) in [6.45, 7) is 2.02. The third kappa shape index (κ3) is 3.58. The van der Waals surface area contributed by atoms with Gasteiger partial charge in [0.05, 0.1) is 18.0 Å². The maximum atomic E-state index is 12.1. The monoisotopic (exact) mass is 292 g/mol. The molecule has 2 rings (SSSR count). The van der Waals surface area contributed by atoms with Crippen LogP contribution in [0.4, 0.5) is 5.69 Å². The summed E-state index contributed by atoms with van der Waals surface area (Å²) in [5.74, 6) is -0.165. The van der Waals surface area contributed by atoms with Crippen molar-refractivity contribution in [3.63, 3.8) is 0 Å². The first-order valence-electron chi connectivity index (χ1n) is 7.08. The van der Waals surface area contributed by atoms with E-state index in [2.05, 4.69) is 5.32 Å². The van der Waals surface area contributed by atoms with Crippen molar-refractivity contribution in [3.05, 3.63) is 39.9 Å². The molecule has 0 radical (unpaired) electrons. The molecule has 6 nitrogen and oxygen atoms in total. The predicted molar refractivity (Wildman–Crippen MR) is 77.8 cm³/mol. The minimum atomic E-state index is -0.471. The number of benzene rings is 1. The van der Waals surface area contributed by atoms with Crippen LogP contribution in [0.1, 0.15) is 31.7 Å². The average Bonchev–Trinajstić information content (AvgIpc) is 2.81. The normalized spacial score (nSPS) is 24.8. The fourth-order valence-electron chi connectivity index (χ4n) is 2.88. The molecule has 6 heteroatoms. The van der Waals surface area contributed by atoms with Crippen molar-refractivity contribution >= 4 is 11.6 Å². The molecule has 2 N–H and O–H groups in total. The minimum absolute atomic E-state index is 0.0126. The Kier molecular flexibility index (Phi) is 4.57. The topological polar surface area (TPSA) is 92.5 Å². The SMILES string of the molecule is CC1(CO)CCCC1NC(=O)Cc1cccc([N+](=O)[O-])c1. The fourth-order valence-corrected chi connectivity index (χ4v) is 2.88. The number of nitrogens with zero attached hydrogens (tertiary/aromatic N) is 1. The molecule has 0 bridgehead atoms. The summed E-state index contributed by atoms with van der Waals surface area (Å²) >= 11 is 0. The van der Waals surface area contributed by atoms with E-state index >= 15 is 0 Å². The molecule has 2 unspecified atom stereocenters. The van der Waals surface area contributed by atoms with Gasteiger partial charge in [-0.1, -0.05) is 25.5 Å². The summed E-state index contributed by atoms with van der Waals surface area (Å²) in [6, 6.07) is 6.06. The molecule has 1 saturated carbocycles. The van der Waals surface area contributed by atoms with Crippen LogP contribution in [0.5, 0.6) is 0 Å². The first kappa shape index (κ1) is 15.4. The predicted octanol–water partition coefficient (Wildman–Crippen LogP) is 1.80. The largest absolute Gasteiger partial charge is 0.396 e. The maximum absolute atomic E-state index is 12.1. The van der Waals surface area contributed by atoms with Gasteiger partial charge in [0.25, 0.3) is 5.69 Å². The highest BCUT2D eigenvalue weighted by Gasteiger charge is 2.38. The molecule has 114 valence electrons. The van der Waals surface area contributed by atoms with Crippen LogP contribution in [0.2, 0.25) is 0 Å². The molecule has 1 aromatic carbocycles. The summed E-state index contributed by atoms with van der Waals surface area (Å²) in [4.78, 5) is 22.3. The molecule has 0 aromatic heterocycles. The molecule has 1 aliphatic rings. The van der Waals surface area contributed by atoms with Crippen molar-refractivity contribution in [2.75, 3.05) is 6.61 Å². The quantitative estimate of drug-likeness (QED) is 0.639. The lowest BCUT2D eigenvalue weighted by Gasteiger charge is -2.30. The molecule has 2 atom stereocenters. The van der Waals surface area contributed by atoms with Gasteiger partial charge in [-0.15, -0.1) is 0 Å². The summed E-state index contributed by atoms with van der Waals surface area (Å²) in [5, 5.41) is 23.1. The fraction of sp³-hybridized carbons (Fsp3) is 0.533. The van der Waals surface area contributed by atoms with Gasteiger partial charge in [0.2, 0.25) is 5.91 Å². The number of aliphatic hydroxyl groups is 1.